The molecule has 1 unspecified atom stereocenters. The Balaban J connectivity index is 7.10. The highest BCUT2D eigenvalue weighted by Gasteiger charge is 2.88. The van der Waals surface area contributed by atoms with Crippen LogP contribution in [0.4, 0.5) is 65.9 Å². The van der Waals surface area contributed by atoms with Crippen molar-refractivity contribution in [3.8, 4) is 0 Å². The summed E-state index contributed by atoms with van der Waals surface area (Å²) in [4.78, 5) is 21.5. The molecule has 0 amide bonds. The first-order chi connectivity index (χ1) is 12.6. The van der Waals surface area contributed by atoms with Gasteiger partial charge in [-0.1, -0.05) is 0 Å². The van der Waals surface area contributed by atoms with Crippen LogP contribution in [-0.2, 0) is 19.7 Å². The van der Waals surface area contributed by atoms with Crippen molar-refractivity contribution >= 4 is 21.7 Å². The summed E-state index contributed by atoms with van der Waals surface area (Å²) in [5.41, 5.74) is -8.26. The van der Waals surface area contributed by atoms with Crippen LogP contribution in [0.25, 0.3) is 0 Å². The van der Waals surface area contributed by atoms with Crippen molar-refractivity contribution in [2.45, 2.75) is 41.0 Å². The molecule has 0 heterocycles. The molecule has 0 radical (unpaired) electrons. The van der Waals surface area contributed by atoms with Crippen LogP contribution in [0.3, 0.4) is 0 Å². The molecule has 178 valence electrons. The van der Waals surface area contributed by atoms with Crippen molar-refractivity contribution < 1.29 is 88.4 Å². The third-order valence-corrected chi connectivity index (χ3v) is 3.94. The summed E-state index contributed by atoms with van der Waals surface area (Å²) >= 11 is 0. The topological polar surface area (TPSA) is 88.5 Å². The van der Waals surface area contributed by atoms with Crippen LogP contribution < -0.4 is 0 Å². The van der Waals surface area contributed by atoms with Crippen molar-refractivity contribution in [2.24, 2.45) is 0 Å². The SMILES string of the molecule is O=C(C(F)(F)C(F)(F)F)C(F)(F)C(F)(C(=O)C(F)(F)C(F)(F)S(=O)(=O)O)C(F)(F)F. The van der Waals surface area contributed by atoms with Crippen LogP contribution in [0.5, 0.6) is 0 Å². The Morgan fingerprint density at radius 2 is 0.867 bits per heavy atom. The van der Waals surface area contributed by atoms with E-state index in [-0.39, 0.29) is 0 Å². The van der Waals surface area contributed by atoms with Crippen LogP contribution >= 0.6 is 0 Å². The molecule has 0 aliphatic heterocycles. The van der Waals surface area contributed by atoms with Crippen molar-refractivity contribution in [1.82, 2.24) is 0 Å². The van der Waals surface area contributed by atoms with E-state index >= 15 is 0 Å². The van der Waals surface area contributed by atoms with E-state index in [0.29, 0.717) is 0 Å². The molecule has 1 N–H and O–H groups in total. The van der Waals surface area contributed by atoms with Crippen LogP contribution in [-0.4, -0.2) is 65.6 Å². The van der Waals surface area contributed by atoms with E-state index in [1.165, 1.54) is 0 Å². The highest BCUT2D eigenvalue weighted by atomic mass is 32.2. The Kier molecular flexibility index (Phi) is 6.44. The smallest absolute Gasteiger partial charge is 0.288 e. The van der Waals surface area contributed by atoms with E-state index in [4.69, 9.17) is 4.55 Å². The molecule has 0 saturated heterocycles. The molecule has 0 aromatic heterocycles. The number of hydrogen-bond donors (Lipinski definition) is 1. The molecule has 5 nitrogen and oxygen atoms in total. The van der Waals surface area contributed by atoms with Crippen molar-refractivity contribution in [2.75, 3.05) is 0 Å². The molecule has 0 aliphatic rings. The van der Waals surface area contributed by atoms with Gasteiger partial charge in [-0.05, 0) is 0 Å². The fraction of sp³-hybridized carbons (Fsp3) is 0.778. The third kappa shape index (κ3) is 3.68. The zero-order chi connectivity index (χ0) is 25.2. The molecule has 21 heteroatoms. The number of halogens is 15. The lowest BCUT2D eigenvalue weighted by atomic mass is 9.84. The van der Waals surface area contributed by atoms with E-state index in [2.05, 4.69) is 0 Å². The molecule has 0 aromatic rings. The minimum Gasteiger partial charge on any atom is -0.288 e. The van der Waals surface area contributed by atoms with Crippen molar-refractivity contribution in [1.29, 1.82) is 0 Å². The normalized spacial score (nSPS) is 17.5. The second-order valence-corrected chi connectivity index (χ2v) is 6.49. The van der Waals surface area contributed by atoms with Gasteiger partial charge in [-0.2, -0.15) is 69.9 Å². The first-order valence-corrected chi connectivity index (χ1v) is 7.40. The average molecular weight is 506 g/mol. The largest absolute Gasteiger partial charge is 0.461 e. The molecule has 0 saturated carbocycles. The van der Waals surface area contributed by atoms with Crippen LogP contribution in [0.15, 0.2) is 0 Å². The second-order valence-electron chi connectivity index (χ2n) is 5.03. The molecule has 0 rings (SSSR count). The Bertz CT molecular complexity index is 822. The summed E-state index contributed by atoms with van der Waals surface area (Å²) in [5.74, 6) is -34.9. The van der Waals surface area contributed by atoms with Gasteiger partial charge in [0.15, 0.2) is 0 Å². The minimum absolute atomic E-state index is 5.51. The summed E-state index contributed by atoms with van der Waals surface area (Å²) in [6, 6.07) is 0. The summed E-state index contributed by atoms with van der Waals surface area (Å²) in [5, 5.41) is -7.55. The number of alkyl halides is 15. The molecular formula is C9HF15O5S. The van der Waals surface area contributed by atoms with E-state index in [1.807, 2.05) is 0 Å². The van der Waals surface area contributed by atoms with Crippen molar-refractivity contribution in [3.05, 3.63) is 0 Å². The van der Waals surface area contributed by atoms with Gasteiger partial charge < -0.3 is 0 Å². The lowest BCUT2D eigenvalue weighted by Gasteiger charge is -2.36. The molecule has 0 aliphatic carbocycles. The number of Topliss-reactive ketones (excluding diaryl/α,β-unsaturated/α-hetero) is 2. The summed E-state index contributed by atoms with van der Waals surface area (Å²) in [6.07, 6.45) is -15.6. The molecule has 1 atom stereocenters. The van der Waals surface area contributed by atoms with Gasteiger partial charge in [0.25, 0.3) is 11.6 Å². The van der Waals surface area contributed by atoms with Gasteiger partial charge in [-0.15, -0.1) is 0 Å². The predicted molar refractivity (Wildman–Crippen MR) is 57.3 cm³/mol. The minimum atomic E-state index is -8.26. The lowest BCUT2D eigenvalue weighted by molar-refractivity contribution is -0.311. The van der Waals surface area contributed by atoms with Crippen LogP contribution in [0.2, 0.25) is 0 Å². The Morgan fingerprint density at radius 3 is 1.10 bits per heavy atom. The number of ketones is 2. The van der Waals surface area contributed by atoms with Gasteiger partial charge >= 0.3 is 51.2 Å². The molecule has 0 aromatic carbocycles. The first-order valence-electron chi connectivity index (χ1n) is 5.96. The van der Waals surface area contributed by atoms with Gasteiger partial charge in [0.05, 0.1) is 0 Å². The Morgan fingerprint density at radius 1 is 0.533 bits per heavy atom. The standard InChI is InChI=1S/C9HF15O5S/c10-3(7(17,18)19,1(25)6(15,16)9(23,24)30(27,28)29)4(11,12)2(26)5(13,14)8(20,21)22/h(H,27,28,29). The third-order valence-electron chi connectivity index (χ3n) is 3.04. The van der Waals surface area contributed by atoms with Gasteiger partial charge in [0.1, 0.15) is 0 Å². The monoisotopic (exact) mass is 506 g/mol. The molecule has 30 heavy (non-hydrogen) atoms. The van der Waals surface area contributed by atoms with Gasteiger partial charge in [0, 0.05) is 0 Å². The number of hydrogen-bond acceptors (Lipinski definition) is 4. The zero-order valence-corrected chi connectivity index (χ0v) is 13.5. The van der Waals surface area contributed by atoms with Crippen LogP contribution in [0, 0.1) is 0 Å². The fourth-order valence-corrected chi connectivity index (χ4v) is 1.86. The van der Waals surface area contributed by atoms with Gasteiger partial charge in [0.2, 0.25) is 0 Å². The summed E-state index contributed by atoms with van der Waals surface area (Å²) in [6.45, 7) is 0. The Labute approximate surface area is 152 Å². The van der Waals surface area contributed by atoms with Crippen molar-refractivity contribution in [3.63, 3.8) is 0 Å². The van der Waals surface area contributed by atoms with E-state index < -0.39 is 62.7 Å². The van der Waals surface area contributed by atoms with Gasteiger partial charge in [-0.3, -0.25) is 14.1 Å². The Hall–Kier alpha value is -1.80. The van der Waals surface area contributed by atoms with Gasteiger partial charge in [-0.25, -0.2) is 4.39 Å². The number of carbonyl (C=O) groups is 2. The highest BCUT2D eigenvalue weighted by molar-refractivity contribution is 7.87. The number of carbonyl (C=O) groups excluding carboxylic acids is 2. The maximum Gasteiger partial charge on any atom is 0.461 e. The lowest BCUT2D eigenvalue weighted by Crippen LogP contribution is -2.72. The maximum absolute atomic E-state index is 13.8. The fourth-order valence-electron chi connectivity index (χ4n) is 1.44. The van der Waals surface area contributed by atoms with E-state index in [1.54, 1.807) is 0 Å². The average Bonchev–Trinajstić information content (AvgIpc) is 2.48. The molecule has 0 spiro atoms. The van der Waals surface area contributed by atoms with E-state index in [0.717, 1.165) is 0 Å². The summed E-state index contributed by atoms with van der Waals surface area (Å²) in [7, 11) is -7.72. The summed E-state index contributed by atoms with van der Waals surface area (Å²) < 4.78 is 220. The van der Waals surface area contributed by atoms with Crippen LogP contribution in [0.1, 0.15) is 0 Å². The zero-order valence-electron chi connectivity index (χ0n) is 12.7. The molecular weight excluding hydrogens is 505 g/mol. The second kappa shape index (κ2) is 6.85. The predicted octanol–water partition coefficient (Wildman–Crippen LogP) is 3.34. The van der Waals surface area contributed by atoms with E-state index in [9.17, 15) is 83.9 Å². The molecule has 0 bridgehead atoms. The highest BCUT2D eigenvalue weighted by Crippen LogP contribution is 2.54. The number of rotatable bonds is 7. The maximum atomic E-state index is 13.8. The quantitative estimate of drug-likeness (QED) is 0.423. The first kappa shape index (κ1) is 28.2. The molecule has 0 fully saturated rings.